The summed E-state index contributed by atoms with van der Waals surface area (Å²) in [6.45, 7) is 7.38. The fourth-order valence-electron chi connectivity index (χ4n) is 5.80. The third kappa shape index (κ3) is 7.90. The Kier molecular flexibility index (Phi) is 11.5. The first-order valence-electron chi connectivity index (χ1n) is 15.4. The molecule has 1 aromatic heterocycles. The number of halogens is 3. The minimum Gasteiger partial charge on any atom is -0.445 e. The van der Waals surface area contributed by atoms with Gasteiger partial charge in [0.2, 0.25) is 17.7 Å². The van der Waals surface area contributed by atoms with Gasteiger partial charge >= 0.3 is 6.09 Å². The zero-order valence-electron chi connectivity index (χ0n) is 26.3. The molecule has 0 aliphatic heterocycles. The molecule has 2 aromatic carbocycles. The van der Waals surface area contributed by atoms with Crippen LogP contribution >= 0.6 is 34.8 Å². The van der Waals surface area contributed by atoms with Crippen molar-refractivity contribution < 1.29 is 23.9 Å². The van der Waals surface area contributed by atoms with Gasteiger partial charge in [0.1, 0.15) is 24.2 Å². The normalized spacial score (nSPS) is 18.5. The van der Waals surface area contributed by atoms with Crippen LogP contribution in [0.15, 0.2) is 36.4 Å². The molecule has 13 heteroatoms. The van der Waals surface area contributed by atoms with Gasteiger partial charge in [-0.3, -0.25) is 14.4 Å². The number of rotatable bonds is 12. The number of alkyl carbamates (subject to hydrolysis) is 1. The molecule has 2 unspecified atom stereocenters. The van der Waals surface area contributed by atoms with Gasteiger partial charge in [0, 0.05) is 27.5 Å². The third-order valence-electron chi connectivity index (χ3n) is 8.93. The van der Waals surface area contributed by atoms with E-state index in [9.17, 15) is 19.2 Å². The number of hydrogen-bond donors (Lipinski definition) is 5. The van der Waals surface area contributed by atoms with E-state index in [0.29, 0.717) is 45.4 Å². The van der Waals surface area contributed by atoms with Gasteiger partial charge in [-0.1, -0.05) is 87.5 Å². The topological polar surface area (TPSA) is 155 Å². The van der Waals surface area contributed by atoms with E-state index in [-0.39, 0.29) is 31.3 Å². The van der Waals surface area contributed by atoms with Crippen molar-refractivity contribution in [3.8, 4) is 0 Å². The van der Waals surface area contributed by atoms with Gasteiger partial charge in [0.05, 0.1) is 10.5 Å². The third-order valence-corrected chi connectivity index (χ3v) is 9.68. The number of nitrogens with two attached hydrogens (primary N) is 1. The predicted octanol–water partition coefficient (Wildman–Crippen LogP) is 5.83. The highest BCUT2D eigenvalue weighted by atomic mass is 35.5. The molecule has 0 spiro atoms. The van der Waals surface area contributed by atoms with E-state index in [1.165, 1.54) is 0 Å². The maximum Gasteiger partial charge on any atom is 0.408 e. The van der Waals surface area contributed by atoms with E-state index in [4.69, 9.17) is 45.3 Å². The number of benzene rings is 2. The molecule has 6 N–H and O–H groups in total. The summed E-state index contributed by atoms with van der Waals surface area (Å²) in [5.41, 5.74) is 7.21. The van der Waals surface area contributed by atoms with Gasteiger partial charge in [0.25, 0.3) is 0 Å². The van der Waals surface area contributed by atoms with Gasteiger partial charge in [-0.15, -0.1) is 0 Å². The zero-order valence-corrected chi connectivity index (χ0v) is 28.5. The summed E-state index contributed by atoms with van der Waals surface area (Å²) in [6, 6.07) is 8.31. The summed E-state index contributed by atoms with van der Waals surface area (Å²) in [5.74, 6) is -2.36. The summed E-state index contributed by atoms with van der Waals surface area (Å²) in [5, 5.41) is 10.6. The Morgan fingerprint density at radius 2 is 1.67 bits per heavy atom. The number of H-pyrrole nitrogens is 1. The van der Waals surface area contributed by atoms with Crippen molar-refractivity contribution in [1.82, 2.24) is 20.9 Å². The van der Waals surface area contributed by atoms with Crippen LogP contribution in [0.2, 0.25) is 15.1 Å². The van der Waals surface area contributed by atoms with E-state index < -0.39 is 41.4 Å². The molecule has 248 valence electrons. The molecule has 0 saturated carbocycles. The van der Waals surface area contributed by atoms with Crippen LogP contribution < -0.4 is 21.7 Å². The number of hydrogen-bond acceptors (Lipinski definition) is 5. The van der Waals surface area contributed by atoms with Crippen molar-refractivity contribution in [2.24, 2.45) is 17.6 Å². The van der Waals surface area contributed by atoms with Crippen LogP contribution in [0.1, 0.15) is 63.8 Å². The van der Waals surface area contributed by atoms with Gasteiger partial charge in [-0.2, -0.15) is 0 Å². The monoisotopic (exact) mass is 691 g/mol. The minimum atomic E-state index is -1.49. The van der Waals surface area contributed by atoms with Crippen molar-refractivity contribution in [3.05, 3.63) is 68.3 Å². The second-order valence-electron chi connectivity index (χ2n) is 12.1. The minimum absolute atomic E-state index is 0.0494. The standard InChI is InChI=1S/C33H40Cl3N5O5/c1-5-17(3)26(29(37)42)39-31(44)33(11-10-25-23(15-33)22-13-21(35)14-24(36)28(22)38-25)41-30(43)27(18(4)6-2)40-32(45)46-16-19-8-7-9-20(34)12-19/h7-9,12-14,17-18,26-27,38H,5-6,10-11,15-16H2,1-4H3,(H2,37,42)(H,39,44)(H,40,45)(H,41,43)/t17-,18?,26-,27?,33+/m0/s1. The number of amides is 4. The summed E-state index contributed by atoms with van der Waals surface area (Å²) in [4.78, 5) is 57.0. The van der Waals surface area contributed by atoms with Crippen LogP contribution in [0.4, 0.5) is 4.79 Å². The molecule has 4 rings (SSSR count). The lowest BCUT2D eigenvalue weighted by Crippen LogP contribution is -2.67. The van der Waals surface area contributed by atoms with Crippen LogP contribution in [0, 0.1) is 11.8 Å². The van der Waals surface area contributed by atoms with Crippen molar-refractivity contribution in [2.45, 2.75) is 84.0 Å². The highest BCUT2D eigenvalue weighted by molar-refractivity contribution is 6.38. The van der Waals surface area contributed by atoms with Crippen LogP contribution in [0.3, 0.4) is 0 Å². The number of carbonyl (C=O) groups excluding carboxylic acids is 4. The van der Waals surface area contributed by atoms with Crippen molar-refractivity contribution in [1.29, 1.82) is 0 Å². The first-order valence-corrected chi connectivity index (χ1v) is 16.5. The number of aryl methyl sites for hydroxylation is 1. The number of carbonyl (C=O) groups is 4. The van der Waals surface area contributed by atoms with Crippen molar-refractivity contribution in [3.63, 3.8) is 0 Å². The molecule has 0 fully saturated rings. The smallest absolute Gasteiger partial charge is 0.408 e. The van der Waals surface area contributed by atoms with Gasteiger partial charge in [0.15, 0.2) is 0 Å². The largest absolute Gasteiger partial charge is 0.445 e. The van der Waals surface area contributed by atoms with E-state index >= 15 is 0 Å². The molecule has 1 aliphatic carbocycles. The number of fused-ring (bicyclic) bond motifs is 3. The quantitative estimate of drug-likeness (QED) is 0.162. The summed E-state index contributed by atoms with van der Waals surface area (Å²) in [7, 11) is 0. The average molecular weight is 693 g/mol. The number of nitrogens with one attached hydrogen (secondary N) is 4. The molecule has 0 bridgehead atoms. The maximum absolute atomic E-state index is 14.2. The summed E-state index contributed by atoms with van der Waals surface area (Å²) < 4.78 is 5.40. The number of aromatic amines is 1. The molecule has 4 amide bonds. The van der Waals surface area contributed by atoms with Crippen LogP contribution in [0.25, 0.3) is 10.9 Å². The maximum atomic E-state index is 14.2. The first kappa shape index (κ1) is 35.4. The van der Waals surface area contributed by atoms with Gasteiger partial charge in [-0.25, -0.2) is 4.79 Å². The Balaban J connectivity index is 1.66. The molecule has 1 heterocycles. The highest BCUT2D eigenvalue weighted by Crippen LogP contribution is 2.38. The highest BCUT2D eigenvalue weighted by Gasteiger charge is 2.46. The molecule has 5 atom stereocenters. The molecule has 10 nitrogen and oxygen atoms in total. The molecule has 3 aromatic rings. The SMILES string of the molecule is CCC(C)C(NC(=O)OCc1cccc(Cl)c1)C(=O)N[C@]1(C(=O)N[C@H](C(N)=O)[C@@H](C)CC)CCc2[nH]c3c(Cl)cc(Cl)cc3c2C1. The lowest BCUT2D eigenvalue weighted by molar-refractivity contribution is -0.137. The Morgan fingerprint density at radius 3 is 2.33 bits per heavy atom. The Bertz CT molecular complexity index is 1630. The molecule has 46 heavy (non-hydrogen) atoms. The Morgan fingerprint density at radius 1 is 0.978 bits per heavy atom. The summed E-state index contributed by atoms with van der Waals surface area (Å²) >= 11 is 18.9. The van der Waals surface area contributed by atoms with Crippen LogP contribution in [0.5, 0.6) is 0 Å². The summed E-state index contributed by atoms with van der Waals surface area (Å²) in [6.07, 6.45) is 1.01. The second-order valence-corrected chi connectivity index (χ2v) is 13.4. The molecular weight excluding hydrogens is 653 g/mol. The zero-order chi connectivity index (χ0) is 33.8. The van der Waals surface area contributed by atoms with Gasteiger partial charge in [-0.05, 0) is 60.1 Å². The number of aromatic nitrogens is 1. The van der Waals surface area contributed by atoms with E-state index in [2.05, 4.69) is 20.9 Å². The lowest BCUT2D eigenvalue weighted by Gasteiger charge is -2.39. The van der Waals surface area contributed by atoms with Crippen molar-refractivity contribution >= 4 is 69.5 Å². The molecular formula is C33H40Cl3N5O5. The lowest BCUT2D eigenvalue weighted by atomic mass is 9.78. The van der Waals surface area contributed by atoms with Gasteiger partial charge < -0.3 is 31.4 Å². The second kappa shape index (κ2) is 15.0. The molecule has 0 saturated heterocycles. The molecule has 0 radical (unpaired) electrons. The Labute approximate surface area is 283 Å². The fourth-order valence-corrected chi connectivity index (χ4v) is 6.55. The fraction of sp³-hybridized carbons (Fsp3) is 0.455. The first-order chi connectivity index (χ1) is 21.8. The average Bonchev–Trinajstić information content (AvgIpc) is 3.38. The Hall–Kier alpha value is -3.47. The van der Waals surface area contributed by atoms with Crippen LogP contribution in [-0.2, 0) is 38.6 Å². The predicted molar refractivity (Wildman–Crippen MR) is 180 cm³/mol. The number of ether oxygens (including phenoxy) is 1. The van der Waals surface area contributed by atoms with E-state index in [1.54, 1.807) is 36.4 Å². The van der Waals surface area contributed by atoms with E-state index in [1.807, 2.05) is 27.7 Å². The van der Waals surface area contributed by atoms with Crippen LogP contribution in [-0.4, -0.2) is 46.4 Å². The van der Waals surface area contributed by atoms with Crippen molar-refractivity contribution in [2.75, 3.05) is 0 Å². The molecule has 1 aliphatic rings. The number of primary amides is 1. The van der Waals surface area contributed by atoms with E-state index in [0.717, 1.165) is 16.6 Å².